The van der Waals surface area contributed by atoms with Crippen LogP contribution in [0.3, 0.4) is 0 Å². The van der Waals surface area contributed by atoms with Gasteiger partial charge in [0.15, 0.2) is 0 Å². The smallest absolute Gasteiger partial charge is 0.337 e. The Morgan fingerprint density at radius 1 is 1.25 bits per heavy atom. The summed E-state index contributed by atoms with van der Waals surface area (Å²) in [5.74, 6) is -0.881. The van der Waals surface area contributed by atoms with Gasteiger partial charge in [0.2, 0.25) is 0 Å². The van der Waals surface area contributed by atoms with Crippen LogP contribution >= 0.6 is 34.2 Å². The molecule has 0 heterocycles. The van der Waals surface area contributed by atoms with Gasteiger partial charge in [-0.3, -0.25) is 4.99 Å². The molecule has 6 heteroatoms. The number of carboxylic acid groups (broad SMARTS) is 1. The van der Waals surface area contributed by atoms with Gasteiger partial charge in [0.25, 0.3) is 0 Å². The van der Waals surface area contributed by atoms with E-state index in [0.29, 0.717) is 9.26 Å². The number of aromatic carboxylic acids is 1. The van der Waals surface area contributed by atoms with Gasteiger partial charge in [-0.15, -0.1) is 0 Å². The van der Waals surface area contributed by atoms with Gasteiger partial charge >= 0.3 is 5.97 Å². The van der Waals surface area contributed by atoms with Crippen molar-refractivity contribution in [2.45, 2.75) is 0 Å². The molecule has 0 unspecified atom stereocenters. The fourth-order valence-corrected chi connectivity index (χ4v) is 2.25. The molecule has 2 rings (SSSR count). The summed E-state index contributed by atoms with van der Waals surface area (Å²) in [6, 6.07) is 9.61. The molecule has 4 nitrogen and oxygen atoms in total. The van der Waals surface area contributed by atoms with E-state index < -0.39 is 5.97 Å². The van der Waals surface area contributed by atoms with E-state index in [9.17, 15) is 9.90 Å². The Hall–Kier alpha value is -1.60. The number of halogens is 2. The normalized spacial score (nSPS) is 10.9. The fourth-order valence-electron chi connectivity index (χ4n) is 1.51. The van der Waals surface area contributed by atoms with Crippen LogP contribution < -0.4 is 0 Å². The lowest BCUT2D eigenvalue weighted by Crippen LogP contribution is -1.96. The number of hydrogen-bond donors (Lipinski definition) is 2. The number of aliphatic imine (C=N–C) groups is 1. The number of carboxylic acids is 1. The second kappa shape index (κ2) is 6.23. The summed E-state index contributed by atoms with van der Waals surface area (Å²) < 4.78 is 0.717. The van der Waals surface area contributed by atoms with Gasteiger partial charge < -0.3 is 10.2 Å². The van der Waals surface area contributed by atoms with Gasteiger partial charge in [-0.2, -0.15) is 0 Å². The highest BCUT2D eigenvalue weighted by atomic mass is 127. The largest absolute Gasteiger partial charge is 0.507 e. The maximum Gasteiger partial charge on any atom is 0.337 e. The predicted octanol–water partition coefficient (Wildman–Crippen LogP) is 4.10. The second-order valence-electron chi connectivity index (χ2n) is 3.94. The summed E-state index contributed by atoms with van der Waals surface area (Å²) in [5.41, 5.74) is 1.32. The van der Waals surface area contributed by atoms with Gasteiger partial charge in [0, 0.05) is 6.21 Å². The Balaban J connectivity index is 2.29. The lowest BCUT2D eigenvalue weighted by Gasteiger charge is -2.01. The van der Waals surface area contributed by atoms with E-state index in [1.54, 1.807) is 30.5 Å². The molecule has 2 aromatic carbocycles. The first kappa shape index (κ1) is 14.8. The Bertz CT molecular complexity index is 701. The number of aromatic hydroxyl groups is 1. The first-order valence-electron chi connectivity index (χ1n) is 5.53. The number of benzene rings is 2. The van der Waals surface area contributed by atoms with Crippen molar-refractivity contribution in [1.82, 2.24) is 0 Å². The van der Waals surface area contributed by atoms with E-state index in [2.05, 4.69) is 4.99 Å². The van der Waals surface area contributed by atoms with Crippen molar-refractivity contribution < 1.29 is 15.0 Å². The maximum atomic E-state index is 11.0. The number of nitrogens with zero attached hydrogens (tertiary/aromatic N) is 1. The van der Waals surface area contributed by atoms with E-state index in [-0.39, 0.29) is 16.3 Å². The van der Waals surface area contributed by atoms with Gasteiger partial charge in [-0.25, -0.2) is 4.79 Å². The highest BCUT2D eigenvalue weighted by molar-refractivity contribution is 14.1. The molecule has 0 bridgehead atoms. The molecule has 20 heavy (non-hydrogen) atoms. The Labute approximate surface area is 133 Å². The molecule has 0 amide bonds. The average molecular weight is 402 g/mol. The number of phenolic OH excluding ortho intramolecular Hbond substituents is 1. The minimum atomic E-state index is -1.09. The van der Waals surface area contributed by atoms with Gasteiger partial charge in [-0.05, 0) is 64.6 Å². The predicted molar refractivity (Wildman–Crippen MR) is 86.5 cm³/mol. The summed E-state index contributed by atoms with van der Waals surface area (Å²) in [5, 5.41) is 18.6. The number of hydrogen-bond acceptors (Lipinski definition) is 3. The van der Waals surface area contributed by atoms with Crippen LogP contribution in [0.4, 0.5) is 5.69 Å². The highest BCUT2D eigenvalue weighted by Crippen LogP contribution is 2.23. The zero-order valence-corrected chi connectivity index (χ0v) is 13.0. The summed E-state index contributed by atoms with van der Waals surface area (Å²) in [6.45, 7) is 0. The number of carbonyl (C=O) groups is 1. The summed E-state index contributed by atoms with van der Waals surface area (Å²) in [6.07, 6.45) is 1.59. The molecule has 0 aliphatic rings. The molecule has 0 saturated carbocycles. The van der Waals surface area contributed by atoms with E-state index in [4.69, 9.17) is 16.7 Å². The Kier molecular flexibility index (Phi) is 4.61. The SMILES string of the molecule is O=C(O)c1cc(N=Cc2ccc(O)c(I)c2)ccc1Cl. The molecule has 0 radical (unpaired) electrons. The summed E-state index contributed by atoms with van der Waals surface area (Å²) >= 11 is 7.80. The zero-order valence-electron chi connectivity index (χ0n) is 10.0. The van der Waals surface area contributed by atoms with Crippen molar-refractivity contribution in [3.8, 4) is 5.75 Å². The molecule has 0 aliphatic heterocycles. The summed E-state index contributed by atoms with van der Waals surface area (Å²) in [7, 11) is 0. The van der Waals surface area contributed by atoms with Crippen molar-refractivity contribution in [3.63, 3.8) is 0 Å². The molecule has 0 fully saturated rings. The Morgan fingerprint density at radius 2 is 2.00 bits per heavy atom. The highest BCUT2D eigenvalue weighted by Gasteiger charge is 2.08. The maximum absolute atomic E-state index is 11.0. The fraction of sp³-hybridized carbons (Fsp3) is 0. The van der Waals surface area contributed by atoms with Gasteiger partial charge in [0.1, 0.15) is 5.75 Å². The van der Waals surface area contributed by atoms with Crippen LogP contribution in [-0.4, -0.2) is 22.4 Å². The third-order valence-electron chi connectivity index (χ3n) is 2.51. The van der Waals surface area contributed by atoms with E-state index in [1.807, 2.05) is 22.6 Å². The second-order valence-corrected chi connectivity index (χ2v) is 5.51. The van der Waals surface area contributed by atoms with E-state index in [0.717, 1.165) is 5.56 Å². The standard InChI is InChI=1S/C14H9ClINO3/c15-11-3-2-9(6-10(11)14(19)20)17-7-8-1-4-13(18)12(16)5-8/h1-7,18H,(H,19,20). The van der Waals surface area contributed by atoms with Crippen LogP contribution in [0.1, 0.15) is 15.9 Å². The minimum absolute atomic E-state index is 0.0154. The number of rotatable bonds is 3. The van der Waals surface area contributed by atoms with Crippen LogP contribution in [-0.2, 0) is 0 Å². The monoisotopic (exact) mass is 401 g/mol. The topological polar surface area (TPSA) is 69.9 Å². The molecule has 0 aromatic heterocycles. The third kappa shape index (κ3) is 3.49. The van der Waals surface area contributed by atoms with Gasteiger partial charge in [-0.1, -0.05) is 11.6 Å². The zero-order chi connectivity index (χ0) is 14.7. The van der Waals surface area contributed by atoms with Gasteiger partial charge in [0.05, 0.1) is 19.8 Å². The first-order chi connectivity index (χ1) is 9.47. The van der Waals surface area contributed by atoms with E-state index >= 15 is 0 Å². The van der Waals surface area contributed by atoms with Crippen molar-refractivity contribution in [2.24, 2.45) is 4.99 Å². The van der Waals surface area contributed by atoms with Crippen LogP contribution in [0.5, 0.6) is 5.75 Å². The molecular weight excluding hydrogens is 393 g/mol. The van der Waals surface area contributed by atoms with Crippen LogP contribution in [0.15, 0.2) is 41.4 Å². The number of phenols is 1. The van der Waals surface area contributed by atoms with Crippen molar-refractivity contribution in [1.29, 1.82) is 0 Å². The third-order valence-corrected chi connectivity index (χ3v) is 3.71. The molecular formula is C14H9ClINO3. The van der Waals surface area contributed by atoms with Crippen LogP contribution in [0.25, 0.3) is 0 Å². The molecule has 0 spiro atoms. The van der Waals surface area contributed by atoms with Crippen LogP contribution in [0.2, 0.25) is 5.02 Å². The molecule has 0 saturated heterocycles. The Morgan fingerprint density at radius 3 is 2.65 bits per heavy atom. The molecule has 2 aromatic rings. The minimum Gasteiger partial charge on any atom is -0.507 e. The summed E-state index contributed by atoms with van der Waals surface area (Å²) in [4.78, 5) is 15.2. The van der Waals surface area contributed by atoms with Crippen molar-refractivity contribution in [2.75, 3.05) is 0 Å². The first-order valence-corrected chi connectivity index (χ1v) is 6.98. The molecule has 0 aliphatic carbocycles. The quantitative estimate of drug-likeness (QED) is 0.601. The van der Waals surface area contributed by atoms with E-state index in [1.165, 1.54) is 12.1 Å². The molecule has 0 atom stereocenters. The average Bonchev–Trinajstić information content (AvgIpc) is 2.41. The molecule has 2 N–H and O–H groups in total. The van der Waals surface area contributed by atoms with Crippen molar-refractivity contribution in [3.05, 3.63) is 56.1 Å². The lowest BCUT2D eigenvalue weighted by molar-refractivity contribution is 0.0697. The van der Waals surface area contributed by atoms with Crippen molar-refractivity contribution >= 4 is 52.1 Å². The lowest BCUT2D eigenvalue weighted by atomic mass is 10.2. The molecule has 102 valence electrons. The van der Waals surface area contributed by atoms with Crippen LogP contribution in [0, 0.1) is 3.57 Å².